The molecule has 0 aliphatic carbocycles. The van der Waals surface area contributed by atoms with Gasteiger partial charge in [-0.2, -0.15) is 0 Å². The molecule has 0 atom stereocenters. The molecular formula is C15H16BrN3OS. The van der Waals surface area contributed by atoms with Gasteiger partial charge < -0.3 is 10.2 Å². The number of amides is 1. The smallest absolute Gasteiger partial charge is 0.265 e. The van der Waals surface area contributed by atoms with Crippen molar-refractivity contribution in [2.75, 3.05) is 23.3 Å². The number of piperidine rings is 1. The maximum absolute atomic E-state index is 12.1. The average Bonchev–Trinajstić information content (AvgIpc) is 2.96. The number of rotatable bonds is 3. The van der Waals surface area contributed by atoms with Crippen LogP contribution in [0.2, 0.25) is 0 Å². The summed E-state index contributed by atoms with van der Waals surface area (Å²) in [5, 5.41) is 2.87. The summed E-state index contributed by atoms with van der Waals surface area (Å²) in [7, 11) is 0. The number of hydrogen-bond acceptors (Lipinski definition) is 4. The second-order valence-corrected chi connectivity index (χ2v) is 7.47. The molecule has 1 aliphatic heterocycles. The van der Waals surface area contributed by atoms with Crippen LogP contribution >= 0.6 is 27.3 Å². The number of nitrogens with one attached hydrogen (secondary N) is 1. The van der Waals surface area contributed by atoms with Crippen LogP contribution in [0, 0.1) is 0 Å². The van der Waals surface area contributed by atoms with E-state index < -0.39 is 0 Å². The van der Waals surface area contributed by atoms with E-state index in [1.165, 1.54) is 30.6 Å². The van der Waals surface area contributed by atoms with Gasteiger partial charge in [0.2, 0.25) is 0 Å². The van der Waals surface area contributed by atoms with Gasteiger partial charge in [0.05, 0.1) is 20.5 Å². The van der Waals surface area contributed by atoms with Gasteiger partial charge in [-0.25, -0.2) is 4.98 Å². The Labute approximate surface area is 136 Å². The summed E-state index contributed by atoms with van der Waals surface area (Å²) in [4.78, 5) is 19.5. The van der Waals surface area contributed by atoms with Crippen molar-refractivity contribution in [3.8, 4) is 0 Å². The minimum atomic E-state index is -0.0989. The number of hydrogen-bond donors (Lipinski definition) is 1. The van der Waals surface area contributed by atoms with Gasteiger partial charge in [-0.1, -0.05) is 0 Å². The van der Waals surface area contributed by atoms with Crippen molar-refractivity contribution >= 4 is 44.7 Å². The zero-order valence-corrected chi connectivity index (χ0v) is 13.9. The molecule has 4 nitrogen and oxygen atoms in total. The maximum atomic E-state index is 12.1. The molecule has 110 valence electrons. The van der Waals surface area contributed by atoms with Gasteiger partial charge in [0, 0.05) is 13.1 Å². The first-order valence-corrected chi connectivity index (χ1v) is 8.61. The highest BCUT2D eigenvalue weighted by atomic mass is 79.9. The molecule has 0 radical (unpaired) electrons. The summed E-state index contributed by atoms with van der Waals surface area (Å²) < 4.78 is 0.950. The van der Waals surface area contributed by atoms with Crippen LogP contribution in [0.5, 0.6) is 0 Å². The van der Waals surface area contributed by atoms with Gasteiger partial charge in [-0.15, -0.1) is 11.3 Å². The minimum absolute atomic E-state index is 0.0989. The lowest BCUT2D eigenvalue weighted by molar-refractivity contribution is 0.103. The standard InChI is InChI=1S/C15H16BrN3OS/c16-13-6-5-12(21-13)15(20)18-11-4-7-14(17-10-11)19-8-2-1-3-9-19/h4-7,10H,1-3,8-9H2,(H,18,20). The third-order valence-electron chi connectivity index (χ3n) is 3.48. The lowest BCUT2D eigenvalue weighted by atomic mass is 10.1. The van der Waals surface area contributed by atoms with Gasteiger partial charge in [0.1, 0.15) is 5.82 Å². The van der Waals surface area contributed by atoms with Gasteiger partial charge in [-0.05, 0) is 59.5 Å². The number of anilines is 2. The Morgan fingerprint density at radius 2 is 2.00 bits per heavy atom. The number of halogens is 1. The second-order valence-electron chi connectivity index (χ2n) is 5.01. The molecule has 2 aromatic heterocycles. The number of aromatic nitrogens is 1. The van der Waals surface area contributed by atoms with Gasteiger partial charge in [-0.3, -0.25) is 4.79 Å². The summed E-state index contributed by atoms with van der Waals surface area (Å²) in [6.45, 7) is 2.14. The fraction of sp³-hybridized carbons (Fsp3) is 0.333. The molecular weight excluding hydrogens is 350 g/mol. The Kier molecular flexibility index (Phi) is 4.55. The van der Waals surface area contributed by atoms with E-state index in [4.69, 9.17) is 0 Å². The number of thiophene rings is 1. The van der Waals surface area contributed by atoms with E-state index in [2.05, 4.69) is 31.1 Å². The number of carbonyl (C=O) groups is 1. The predicted molar refractivity (Wildman–Crippen MR) is 90.3 cm³/mol. The predicted octanol–water partition coefficient (Wildman–Crippen LogP) is 4.15. The van der Waals surface area contributed by atoms with Crippen LogP contribution in [-0.2, 0) is 0 Å². The third-order valence-corrected chi connectivity index (χ3v) is 5.11. The Hall–Kier alpha value is -1.40. The van der Waals surface area contributed by atoms with E-state index in [-0.39, 0.29) is 5.91 Å². The van der Waals surface area contributed by atoms with Gasteiger partial charge in [0.25, 0.3) is 5.91 Å². The quantitative estimate of drug-likeness (QED) is 0.888. The van der Waals surface area contributed by atoms with Crippen molar-refractivity contribution in [1.29, 1.82) is 0 Å². The highest BCUT2D eigenvalue weighted by Crippen LogP contribution is 2.23. The van der Waals surface area contributed by atoms with Crippen molar-refractivity contribution in [1.82, 2.24) is 4.98 Å². The number of nitrogens with zero attached hydrogens (tertiary/aromatic N) is 2. The van der Waals surface area contributed by atoms with E-state index in [0.717, 1.165) is 28.4 Å². The zero-order chi connectivity index (χ0) is 14.7. The van der Waals surface area contributed by atoms with Gasteiger partial charge in [0.15, 0.2) is 0 Å². The van der Waals surface area contributed by atoms with Crippen molar-refractivity contribution in [2.45, 2.75) is 19.3 Å². The zero-order valence-electron chi connectivity index (χ0n) is 11.5. The summed E-state index contributed by atoms with van der Waals surface area (Å²) in [5.41, 5.74) is 0.727. The molecule has 1 N–H and O–H groups in total. The summed E-state index contributed by atoms with van der Waals surface area (Å²) in [6.07, 6.45) is 5.49. The molecule has 0 aromatic carbocycles. The number of carbonyl (C=O) groups excluding carboxylic acids is 1. The highest BCUT2D eigenvalue weighted by Gasteiger charge is 2.13. The molecule has 0 unspecified atom stereocenters. The molecule has 1 saturated heterocycles. The van der Waals surface area contributed by atoms with Crippen molar-refractivity contribution in [3.63, 3.8) is 0 Å². The van der Waals surface area contributed by atoms with E-state index >= 15 is 0 Å². The lowest BCUT2D eigenvalue weighted by Gasteiger charge is -2.27. The largest absolute Gasteiger partial charge is 0.357 e. The Balaban J connectivity index is 1.65. The van der Waals surface area contributed by atoms with Crippen LogP contribution in [0.3, 0.4) is 0 Å². The maximum Gasteiger partial charge on any atom is 0.265 e. The van der Waals surface area contributed by atoms with Gasteiger partial charge >= 0.3 is 0 Å². The van der Waals surface area contributed by atoms with Crippen molar-refractivity contribution < 1.29 is 4.79 Å². The monoisotopic (exact) mass is 365 g/mol. The molecule has 1 aliphatic rings. The second kappa shape index (κ2) is 6.58. The average molecular weight is 366 g/mol. The first kappa shape index (κ1) is 14.5. The molecule has 0 bridgehead atoms. The molecule has 0 saturated carbocycles. The van der Waals surface area contributed by atoms with E-state index in [0.29, 0.717) is 4.88 Å². The topological polar surface area (TPSA) is 45.2 Å². The molecule has 0 spiro atoms. The normalized spacial score (nSPS) is 15.0. The minimum Gasteiger partial charge on any atom is -0.357 e. The van der Waals surface area contributed by atoms with Crippen LogP contribution in [0.25, 0.3) is 0 Å². The summed E-state index contributed by atoms with van der Waals surface area (Å²) in [5.74, 6) is 0.893. The molecule has 1 fully saturated rings. The molecule has 21 heavy (non-hydrogen) atoms. The van der Waals surface area contributed by atoms with Crippen LogP contribution in [0.4, 0.5) is 11.5 Å². The van der Waals surface area contributed by atoms with Crippen LogP contribution in [-0.4, -0.2) is 24.0 Å². The fourth-order valence-corrected chi connectivity index (χ4v) is 3.68. The molecule has 3 rings (SSSR count). The number of pyridine rings is 1. The van der Waals surface area contributed by atoms with Crippen molar-refractivity contribution in [2.24, 2.45) is 0 Å². The Bertz CT molecular complexity index is 620. The van der Waals surface area contributed by atoms with E-state index in [1.54, 1.807) is 12.3 Å². The molecule has 6 heteroatoms. The van der Waals surface area contributed by atoms with Crippen LogP contribution in [0.15, 0.2) is 34.2 Å². The fourth-order valence-electron chi connectivity index (χ4n) is 2.40. The van der Waals surface area contributed by atoms with E-state index in [9.17, 15) is 4.79 Å². The lowest BCUT2D eigenvalue weighted by Crippen LogP contribution is -2.30. The highest BCUT2D eigenvalue weighted by molar-refractivity contribution is 9.11. The molecule has 2 aromatic rings. The molecule has 3 heterocycles. The molecule has 1 amide bonds. The van der Waals surface area contributed by atoms with Crippen LogP contribution in [0.1, 0.15) is 28.9 Å². The first-order valence-electron chi connectivity index (χ1n) is 7.00. The summed E-state index contributed by atoms with van der Waals surface area (Å²) >= 11 is 4.78. The third kappa shape index (κ3) is 3.63. The SMILES string of the molecule is O=C(Nc1ccc(N2CCCCC2)nc1)c1ccc(Br)s1. The summed E-state index contributed by atoms with van der Waals surface area (Å²) in [6, 6.07) is 7.57. The first-order chi connectivity index (χ1) is 10.2. The Morgan fingerprint density at radius 1 is 1.19 bits per heavy atom. The van der Waals surface area contributed by atoms with Crippen LogP contribution < -0.4 is 10.2 Å². The van der Waals surface area contributed by atoms with Crippen molar-refractivity contribution in [3.05, 3.63) is 39.1 Å². The van der Waals surface area contributed by atoms with E-state index in [1.807, 2.05) is 18.2 Å². The Morgan fingerprint density at radius 3 is 2.62 bits per heavy atom.